The van der Waals surface area contributed by atoms with Gasteiger partial charge in [0.2, 0.25) is 11.8 Å². The monoisotopic (exact) mass is 402 g/mol. The Kier molecular flexibility index (Phi) is 6.92. The van der Waals surface area contributed by atoms with Gasteiger partial charge in [-0.25, -0.2) is 4.39 Å². The number of halogens is 1. The maximum atomic E-state index is 12.9. The molecule has 3 rings (SSSR count). The minimum atomic E-state index is -0.355. The molecule has 5 nitrogen and oxygen atoms in total. The molecule has 1 saturated carbocycles. The van der Waals surface area contributed by atoms with Crippen molar-refractivity contribution in [1.82, 2.24) is 5.32 Å². The second-order valence-corrected chi connectivity index (χ2v) is 7.69. The summed E-state index contributed by atoms with van der Waals surface area (Å²) >= 11 is 1.25. The third-order valence-electron chi connectivity index (χ3n) is 4.48. The van der Waals surface area contributed by atoms with E-state index in [1.807, 2.05) is 24.3 Å². The van der Waals surface area contributed by atoms with Gasteiger partial charge in [-0.1, -0.05) is 12.1 Å². The number of rotatable bonds is 9. The van der Waals surface area contributed by atoms with Crippen molar-refractivity contribution in [3.8, 4) is 5.75 Å². The van der Waals surface area contributed by atoms with Crippen LogP contribution in [-0.2, 0) is 9.59 Å². The Labute approximate surface area is 168 Å². The maximum absolute atomic E-state index is 12.9. The smallest absolute Gasteiger partial charge is 0.234 e. The SMILES string of the molecule is COc1ccc(C(NC(=O)CSCC(=O)Nc2ccc(F)cc2)C2CC2)cc1. The molecule has 0 heterocycles. The first-order valence-corrected chi connectivity index (χ1v) is 10.3. The minimum absolute atomic E-state index is 0.00736. The zero-order chi connectivity index (χ0) is 19.9. The molecule has 2 amide bonds. The first kappa shape index (κ1) is 20.2. The third-order valence-corrected chi connectivity index (χ3v) is 5.41. The first-order chi connectivity index (χ1) is 13.5. The molecule has 148 valence electrons. The van der Waals surface area contributed by atoms with Crippen LogP contribution < -0.4 is 15.4 Å². The number of thioether (sulfide) groups is 1. The molecule has 0 bridgehead atoms. The summed E-state index contributed by atoms with van der Waals surface area (Å²) < 4.78 is 18.1. The van der Waals surface area contributed by atoms with Crippen LogP contribution in [0.4, 0.5) is 10.1 Å². The van der Waals surface area contributed by atoms with Crippen LogP contribution in [0.15, 0.2) is 48.5 Å². The predicted molar refractivity (Wildman–Crippen MR) is 109 cm³/mol. The molecule has 0 saturated heterocycles. The van der Waals surface area contributed by atoms with E-state index in [0.29, 0.717) is 11.6 Å². The first-order valence-electron chi connectivity index (χ1n) is 9.11. The molecule has 1 unspecified atom stereocenters. The Balaban J connectivity index is 1.44. The average molecular weight is 402 g/mol. The zero-order valence-corrected chi connectivity index (χ0v) is 16.4. The van der Waals surface area contributed by atoms with Crippen molar-refractivity contribution in [2.24, 2.45) is 5.92 Å². The number of hydrogen-bond donors (Lipinski definition) is 2. The van der Waals surface area contributed by atoms with Gasteiger partial charge >= 0.3 is 0 Å². The number of ether oxygens (including phenoxy) is 1. The van der Waals surface area contributed by atoms with E-state index in [9.17, 15) is 14.0 Å². The van der Waals surface area contributed by atoms with Crippen LogP contribution in [0.2, 0.25) is 0 Å². The molecule has 2 aromatic carbocycles. The summed E-state index contributed by atoms with van der Waals surface area (Å²) in [6.07, 6.45) is 2.20. The highest BCUT2D eigenvalue weighted by molar-refractivity contribution is 8.00. The van der Waals surface area contributed by atoms with E-state index in [-0.39, 0.29) is 35.2 Å². The largest absolute Gasteiger partial charge is 0.497 e. The summed E-state index contributed by atoms with van der Waals surface area (Å²) in [5, 5.41) is 5.77. The minimum Gasteiger partial charge on any atom is -0.497 e. The van der Waals surface area contributed by atoms with E-state index in [2.05, 4.69) is 10.6 Å². The molecule has 1 aliphatic carbocycles. The van der Waals surface area contributed by atoms with Crippen LogP contribution in [0.1, 0.15) is 24.4 Å². The summed E-state index contributed by atoms with van der Waals surface area (Å²) in [6, 6.07) is 13.3. The van der Waals surface area contributed by atoms with Crippen molar-refractivity contribution >= 4 is 29.3 Å². The number of carbonyl (C=O) groups is 2. The fraction of sp³-hybridized carbons (Fsp3) is 0.333. The molecular formula is C21H23FN2O3S. The van der Waals surface area contributed by atoms with E-state index in [1.165, 1.54) is 36.0 Å². The average Bonchev–Trinajstić information content (AvgIpc) is 3.53. The normalized spacial score (nSPS) is 14.2. The Morgan fingerprint density at radius 3 is 2.32 bits per heavy atom. The summed E-state index contributed by atoms with van der Waals surface area (Å²) in [7, 11) is 1.62. The second-order valence-electron chi connectivity index (χ2n) is 6.70. The van der Waals surface area contributed by atoms with Crippen molar-refractivity contribution in [1.29, 1.82) is 0 Å². The molecule has 0 radical (unpaired) electrons. The highest BCUT2D eigenvalue weighted by Gasteiger charge is 2.33. The number of hydrogen-bond acceptors (Lipinski definition) is 4. The van der Waals surface area contributed by atoms with Gasteiger partial charge in [0.15, 0.2) is 0 Å². The Morgan fingerprint density at radius 1 is 1.07 bits per heavy atom. The maximum Gasteiger partial charge on any atom is 0.234 e. The van der Waals surface area contributed by atoms with Crippen molar-refractivity contribution in [3.05, 3.63) is 59.9 Å². The molecule has 0 aliphatic heterocycles. The third kappa shape index (κ3) is 5.99. The number of methoxy groups -OCH3 is 1. The van der Waals surface area contributed by atoms with Gasteiger partial charge in [0.1, 0.15) is 11.6 Å². The fourth-order valence-corrected chi connectivity index (χ4v) is 3.52. The Morgan fingerprint density at radius 2 is 1.71 bits per heavy atom. The van der Waals surface area contributed by atoms with E-state index in [1.54, 1.807) is 7.11 Å². The molecule has 1 atom stereocenters. The van der Waals surface area contributed by atoms with Crippen LogP contribution in [0.5, 0.6) is 5.75 Å². The molecule has 2 aromatic rings. The van der Waals surface area contributed by atoms with Gasteiger partial charge in [-0.3, -0.25) is 9.59 Å². The van der Waals surface area contributed by atoms with E-state index in [0.717, 1.165) is 24.2 Å². The van der Waals surface area contributed by atoms with Crippen LogP contribution in [0.3, 0.4) is 0 Å². The molecule has 1 fully saturated rings. The number of anilines is 1. The van der Waals surface area contributed by atoms with Crippen LogP contribution in [0.25, 0.3) is 0 Å². The van der Waals surface area contributed by atoms with Gasteiger partial charge in [-0.05, 0) is 60.7 Å². The standard InChI is InChI=1S/C21H23FN2O3S/c1-27-18-10-4-15(5-11-18)21(14-2-3-14)24-20(26)13-28-12-19(25)23-17-8-6-16(22)7-9-17/h4-11,14,21H,2-3,12-13H2,1H3,(H,23,25)(H,24,26). The highest BCUT2D eigenvalue weighted by atomic mass is 32.2. The summed E-state index contributed by atoms with van der Waals surface area (Å²) in [5.74, 6) is 0.936. The Bertz CT molecular complexity index is 807. The van der Waals surface area contributed by atoms with Gasteiger partial charge in [0.05, 0.1) is 24.7 Å². The molecule has 2 N–H and O–H groups in total. The number of carbonyl (C=O) groups excluding carboxylic acids is 2. The predicted octanol–water partition coefficient (Wildman–Crippen LogP) is 3.77. The van der Waals surface area contributed by atoms with Crippen LogP contribution in [0, 0.1) is 11.7 Å². The molecule has 7 heteroatoms. The number of benzene rings is 2. The fourth-order valence-electron chi connectivity index (χ4n) is 2.90. The van der Waals surface area contributed by atoms with Crippen molar-refractivity contribution < 1.29 is 18.7 Å². The zero-order valence-electron chi connectivity index (χ0n) is 15.6. The Hall–Kier alpha value is -2.54. The second kappa shape index (κ2) is 9.59. The van der Waals surface area contributed by atoms with Gasteiger partial charge in [-0.15, -0.1) is 11.8 Å². The molecule has 0 aromatic heterocycles. The highest BCUT2D eigenvalue weighted by Crippen LogP contribution is 2.41. The lowest BCUT2D eigenvalue weighted by molar-refractivity contribution is -0.119. The van der Waals surface area contributed by atoms with Gasteiger partial charge < -0.3 is 15.4 Å². The lowest BCUT2D eigenvalue weighted by Gasteiger charge is -2.19. The summed E-state index contributed by atoms with van der Waals surface area (Å²) in [4.78, 5) is 24.3. The molecule has 1 aliphatic rings. The molecular weight excluding hydrogens is 379 g/mol. The van der Waals surface area contributed by atoms with E-state index < -0.39 is 0 Å². The van der Waals surface area contributed by atoms with Crippen LogP contribution >= 0.6 is 11.8 Å². The lowest BCUT2D eigenvalue weighted by Crippen LogP contribution is -2.31. The van der Waals surface area contributed by atoms with E-state index >= 15 is 0 Å². The molecule has 28 heavy (non-hydrogen) atoms. The number of amides is 2. The van der Waals surface area contributed by atoms with Crippen molar-refractivity contribution in [3.63, 3.8) is 0 Å². The van der Waals surface area contributed by atoms with Gasteiger partial charge in [0, 0.05) is 5.69 Å². The van der Waals surface area contributed by atoms with Crippen LogP contribution in [-0.4, -0.2) is 30.4 Å². The quantitative estimate of drug-likeness (QED) is 0.670. The van der Waals surface area contributed by atoms with Crippen molar-refractivity contribution in [2.45, 2.75) is 18.9 Å². The topological polar surface area (TPSA) is 67.4 Å². The molecule has 0 spiro atoms. The van der Waals surface area contributed by atoms with Crippen molar-refractivity contribution in [2.75, 3.05) is 23.9 Å². The van der Waals surface area contributed by atoms with Gasteiger partial charge in [-0.2, -0.15) is 0 Å². The summed E-state index contributed by atoms with van der Waals surface area (Å²) in [6.45, 7) is 0. The van der Waals surface area contributed by atoms with Gasteiger partial charge in [0.25, 0.3) is 0 Å². The van der Waals surface area contributed by atoms with E-state index in [4.69, 9.17) is 4.74 Å². The number of nitrogens with one attached hydrogen (secondary N) is 2. The summed E-state index contributed by atoms with van der Waals surface area (Å²) in [5.41, 5.74) is 1.60. The lowest BCUT2D eigenvalue weighted by atomic mass is 10.0.